The van der Waals surface area contributed by atoms with E-state index in [-0.39, 0.29) is 11.5 Å². The van der Waals surface area contributed by atoms with E-state index in [9.17, 15) is 9.59 Å². The van der Waals surface area contributed by atoms with Crippen molar-refractivity contribution in [3.05, 3.63) is 40.7 Å². The number of rotatable bonds is 8. The summed E-state index contributed by atoms with van der Waals surface area (Å²) in [5.74, 6) is 0.312. The van der Waals surface area contributed by atoms with Crippen LogP contribution in [-0.4, -0.2) is 47.3 Å². The standard InChI is InChI=1S/C18H25N3O2S/c1-4-21(5-2)11-10-19-17(22)13-24-16-12-18(23)20(3)15-9-7-6-8-14(15)16/h6-9,12H,4-5,10-11,13H2,1-3H3,(H,19,22). The monoisotopic (exact) mass is 347 g/mol. The van der Waals surface area contributed by atoms with E-state index < -0.39 is 0 Å². The molecule has 0 atom stereocenters. The second-order valence-corrected chi connectivity index (χ2v) is 6.61. The van der Waals surface area contributed by atoms with Gasteiger partial charge in [0.05, 0.1) is 11.3 Å². The first kappa shape index (κ1) is 18.5. The summed E-state index contributed by atoms with van der Waals surface area (Å²) in [4.78, 5) is 27.2. The van der Waals surface area contributed by atoms with Crippen LogP contribution < -0.4 is 10.9 Å². The molecule has 0 bridgehead atoms. The molecular weight excluding hydrogens is 322 g/mol. The van der Waals surface area contributed by atoms with Gasteiger partial charge >= 0.3 is 0 Å². The van der Waals surface area contributed by atoms with E-state index in [1.54, 1.807) is 17.7 Å². The van der Waals surface area contributed by atoms with Crippen molar-refractivity contribution < 1.29 is 4.79 Å². The molecule has 0 radical (unpaired) electrons. The Morgan fingerprint density at radius 2 is 1.96 bits per heavy atom. The molecule has 0 aliphatic carbocycles. The number of fused-ring (bicyclic) bond motifs is 1. The van der Waals surface area contributed by atoms with Gasteiger partial charge in [0, 0.05) is 36.5 Å². The van der Waals surface area contributed by atoms with Gasteiger partial charge in [0.1, 0.15) is 0 Å². The Morgan fingerprint density at radius 1 is 1.25 bits per heavy atom. The number of benzene rings is 1. The topological polar surface area (TPSA) is 54.3 Å². The molecule has 0 saturated heterocycles. The molecule has 2 aromatic rings. The van der Waals surface area contributed by atoms with Gasteiger partial charge in [0.15, 0.2) is 0 Å². The molecule has 1 aromatic carbocycles. The maximum absolute atomic E-state index is 12.1. The molecule has 1 N–H and O–H groups in total. The van der Waals surface area contributed by atoms with Crippen molar-refractivity contribution in [2.75, 3.05) is 31.9 Å². The Bertz CT molecular complexity index is 754. The predicted molar refractivity (Wildman–Crippen MR) is 101 cm³/mol. The number of carbonyl (C=O) groups excluding carboxylic acids is 1. The molecule has 1 aromatic heterocycles. The Balaban J connectivity index is 1.97. The minimum atomic E-state index is -0.0573. The number of thioether (sulfide) groups is 1. The molecule has 0 aliphatic rings. The van der Waals surface area contributed by atoms with Gasteiger partial charge in [0.25, 0.3) is 5.56 Å². The number of aromatic nitrogens is 1. The molecule has 24 heavy (non-hydrogen) atoms. The molecule has 0 unspecified atom stereocenters. The van der Waals surface area contributed by atoms with Crippen molar-refractivity contribution in [3.63, 3.8) is 0 Å². The number of amides is 1. The lowest BCUT2D eigenvalue weighted by Gasteiger charge is -2.17. The summed E-state index contributed by atoms with van der Waals surface area (Å²) >= 11 is 1.41. The van der Waals surface area contributed by atoms with Crippen LogP contribution in [0, 0.1) is 0 Å². The normalized spacial score (nSPS) is 11.2. The molecule has 5 nitrogen and oxygen atoms in total. The first-order chi connectivity index (χ1) is 11.6. The second kappa shape index (κ2) is 8.89. The Labute approximate surface area is 147 Å². The summed E-state index contributed by atoms with van der Waals surface area (Å²) in [6, 6.07) is 9.37. The fourth-order valence-corrected chi connectivity index (χ4v) is 3.49. The number of likely N-dealkylation sites (N-methyl/N-ethyl adjacent to an activating group) is 1. The number of nitrogens with zero attached hydrogens (tertiary/aromatic N) is 2. The van der Waals surface area contributed by atoms with Gasteiger partial charge in [-0.05, 0) is 19.2 Å². The minimum Gasteiger partial charge on any atom is -0.354 e. The van der Waals surface area contributed by atoms with Gasteiger partial charge in [0.2, 0.25) is 5.91 Å². The highest BCUT2D eigenvalue weighted by Gasteiger charge is 2.09. The van der Waals surface area contributed by atoms with Gasteiger partial charge in [-0.1, -0.05) is 32.0 Å². The lowest BCUT2D eigenvalue weighted by atomic mass is 10.2. The van der Waals surface area contributed by atoms with Crippen LogP contribution in [0.2, 0.25) is 0 Å². The largest absolute Gasteiger partial charge is 0.354 e. The van der Waals surface area contributed by atoms with E-state index in [4.69, 9.17) is 0 Å². The lowest BCUT2D eigenvalue weighted by molar-refractivity contribution is -0.118. The summed E-state index contributed by atoms with van der Waals surface area (Å²) in [7, 11) is 1.76. The number of carbonyl (C=O) groups is 1. The molecule has 130 valence electrons. The van der Waals surface area contributed by atoms with Crippen LogP contribution in [0.1, 0.15) is 13.8 Å². The minimum absolute atomic E-state index is 0.00286. The molecule has 1 amide bonds. The zero-order valence-corrected chi connectivity index (χ0v) is 15.4. The molecule has 1 heterocycles. The average Bonchev–Trinajstić information content (AvgIpc) is 2.60. The number of hydrogen-bond donors (Lipinski definition) is 1. The summed E-state index contributed by atoms with van der Waals surface area (Å²) in [5, 5.41) is 3.94. The van der Waals surface area contributed by atoms with Gasteiger partial charge < -0.3 is 14.8 Å². The number of nitrogens with one attached hydrogen (secondary N) is 1. The van der Waals surface area contributed by atoms with Gasteiger partial charge in [-0.15, -0.1) is 11.8 Å². The molecule has 0 saturated carbocycles. The first-order valence-electron chi connectivity index (χ1n) is 8.27. The third-order valence-corrected chi connectivity index (χ3v) is 5.17. The van der Waals surface area contributed by atoms with Crippen LogP contribution in [0.15, 0.2) is 40.0 Å². The maximum Gasteiger partial charge on any atom is 0.251 e. The Morgan fingerprint density at radius 3 is 2.67 bits per heavy atom. The van der Waals surface area contributed by atoms with E-state index in [1.165, 1.54) is 11.8 Å². The first-order valence-corrected chi connectivity index (χ1v) is 9.26. The molecule has 0 spiro atoms. The van der Waals surface area contributed by atoms with Gasteiger partial charge in [-0.2, -0.15) is 0 Å². The SMILES string of the molecule is CCN(CC)CCNC(=O)CSc1cc(=O)n(C)c2ccccc12. The van der Waals surface area contributed by atoms with E-state index in [1.807, 2.05) is 24.3 Å². The smallest absolute Gasteiger partial charge is 0.251 e. The molecular formula is C18H25N3O2S. The average molecular weight is 347 g/mol. The third-order valence-electron chi connectivity index (χ3n) is 4.12. The number of aryl methyl sites for hydroxylation is 1. The Hall–Kier alpha value is -1.79. The lowest BCUT2D eigenvalue weighted by Crippen LogP contribution is -2.35. The highest BCUT2D eigenvalue weighted by Crippen LogP contribution is 2.25. The van der Waals surface area contributed by atoms with Crippen molar-refractivity contribution in [1.82, 2.24) is 14.8 Å². The highest BCUT2D eigenvalue weighted by molar-refractivity contribution is 8.00. The van der Waals surface area contributed by atoms with Gasteiger partial charge in [-0.3, -0.25) is 9.59 Å². The van der Waals surface area contributed by atoms with Crippen LogP contribution in [0.4, 0.5) is 0 Å². The van der Waals surface area contributed by atoms with Crippen LogP contribution in [0.5, 0.6) is 0 Å². The van der Waals surface area contributed by atoms with Crippen LogP contribution in [0.25, 0.3) is 10.9 Å². The quantitative estimate of drug-likeness (QED) is 0.743. The summed E-state index contributed by atoms with van der Waals surface area (Å²) in [6.45, 7) is 7.71. The van der Waals surface area contributed by atoms with Crippen molar-refractivity contribution in [3.8, 4) is 0 Å². The fourth-order valence-electron chi connectivity index (χ4n) is 2.59. The predicted octanol–water partition coefficient (Wildman–Crippen LogP) is 2.09. The summed E-state index contributed by atoms with van der Waals surface area (Å²) in [5.41, 5.74) is 0.826. The van der Waals surface area contributed by atoms with Crippen LogP contribution >= 0.6 is 11.8 Å². The molecule has 6 heteroatoms. The summed E-state index contributed by atoms with van der Waals surface area (Å²) < 4.78 is 1.63. The molecule has 2 rings (SSSR count). The van der Waals surface area contributed by atoms with Crippen molar-refractivity contribution in [2.24, 2.45) is 7.05 Å². The zero-order chi connectivity index (χ0) is 17.5. The van der Waals surface area contributed by atoms with Crippen LogP contribution in [-0.2, 0) is 11.8 Å². The highest BCUT2D eigenvalue weighted by atomic mass is 32.2. The molecule has 0 fully saturated rings. The van der Waals surface area contributed by atoms with Crippen molar-refractivity contribution >= 4 is 28.6 Å². The number of hydrogen-bond acceptors (Lipinski definition) is 4. The van der Waals surface area contributed by atoms with E-state index in [0.29, 0.717) is 12.3 Å². The number of pyridine rings is 1. The maximum atomic E-state index is 12.1. The van der Waals surface area contributed by atoms with Crippen molar-refractivity contribution in [1.29, 1.82) is 0 Å². The molecule has 0 aliphatic heterocycles. The van der Waals surface area contributed by atoms with E-state index in [2.05, 4.69) is 24.1 Å². The van der Waals surface area contributed by atoms with E-state index >= 15 is 0 Å². The van der Waals surface area contributed by atoms with Crippen molar-refractivity contribution in [2.45, 2.75) is 18.7 Å². The zero-order valence-electron chi connectivity index (χ0n) is 14.5. The second-order valence-electron chi connectivity index (χ2n) is 5.59. The Kier molecular flexibility index (Phi) is 6.87. The van der Waals surface area contributed by atoms with E-state index in [0.717, 1.165) is 35.4 Å². The van der Waals surface area contributed by atoms with Crippen LogP contribution in [0.3, 0.4) is 0 Å². The van der Waals surface area contributed by atoms with Gasteiger partial charge in [-0.25, -0.2) is 0 Å². The third kappa shape index (κ3) is 4.61. The fraction of sp³-hybridized carbons (Fsp3) is 0.444. The summed E-state index contributed by atoms with van der Waals surface area (Å²) in [6.07, 6.45) is 0. The number of para-hydroxylation sites is 1.